The van der Waals surface area contributed by atoms with Gasteiger partial charge in [-0.25, -0.2) is 4.98 Å². The number of hydrogen-bond acceptors (Lipinski definition) is 3. The average molecular weight is 327 g/mol. The lowest BCUT2D eigenvalue weighted by Gasteiger charge is -2.34. The number of anilines is 1. The van der Waals surface area contributed by atoms with Gasteiger partial charge in [0.15, 0.2) is 0 Å². The largest absolute Gasteiger partial charge is 0.433 e. The molecule has 0 unspecified atom stereocenters. The Hall–Kier alpha value is -1.79. The van der Waals surface area contributed by atoms with Gasteiger partial charge < -0.3 is 10.2 Å². The SMILES string of the molecule is O=C(NC1CCC1)C1CCN(c2ccc(C(F)(F)F)nc2)CC1. The Morgan fingerprint density at radius 1 is 1.17 bits per heavy atom. The lowest BCUT2D eigenvalue weighted by atomic mass is 9.90. The molecule has 1 aliphatic heterocycles. The molecule has 0 spiro atoms. The number of aromatic nitrogens is 1. The zero-order valence-corrected chi connectivity index (χ0v) is 12.8. The van der Waals surface area contributed by atoms with Crippen LogP contribution < -0.4 is 10.2 Å². The number of nitrogens with one attached hydrogen (secondary N) is 1. The Bertz CT molecular complexity index is 547. The van der Waals surface area contributed by atoms with E-state index < -0.39 is 11.9 Å². The Balaban J connectivity index is 1.53. The fourth-order valence-electron chi connectivity index (χ4n) is 3.01. The molecule has 23 heavy (non-hydrogen) atoms. The topological polar surface area (TPSA) is 45.2 Å². The zero-order chi connectivity index (χ0) is 16.4. The van der Waals surface area contributed by atoms with Crippen molar-refractivity contribution in [2.24, 2.45) is 5.92 Å². The second-order valence-electron chi connectivity index (χ2n) is 6.30. The average Bonchev–Trinajstić information content (AvgIpc) is 2.50. The second-order valence-corrected chi connectivity index (χ2v) is 6.30. The number of alkyl halides is 3. The summed E-state index contributed by atoms with van der Waals surface area (Å²) in [5.74, 6) is 0.133. The van der Waals surface area contributed by atoms with E-state index in [1.54, 1.807) is 0 Å². The fraction of sp³-hybridized carbons (Fsp3) is 0.625. The number of carbonyl (C=O) groups excluding carboxylic acids is 1. The summed E-state index contributed by atoms with van der Waals surface area (Å²) in [6, 6.07) is 2.80. The van der Waals surface area contributed by atoms with Crippen molar-refractivity contribution < 1.29 is 18.0 Å². The van der Waals surface area contributed by atoms with Gasteiger partial charge in [0.25, 0.3) is 0 Å². The summed E-state index contributed by atoms with van der Waals surface area (Å²) in [5, 5.41) is 3.07. The zero-order valence-electron chi connectivity index (χ0n) is 12.8. The van der Waals surface area contributed by atoms with Gasteiger partial charge in [0.1, 0.15) is 5.69 Å². The summed E-state index contributed by atoms with van der Waals surface area (Å²) in [4.78, 5) is 17.6. The van der Waals surface area contributed by atoms with Crippen LogP contribution in [-0.2, 0) is 11.0 Å². The van der Waals surface area contributed by atoms with Crippen LogP contribution in [0, 0.1) is 5.92 Å². The van der Waals surface area contributed by atoms with Gasteiger partial charge in [0.2, 0.25) is 5.91 Å². The third-order valence-corrected chi connectivity index (χ3v) is 4.72. The number of piperidine rings is 1. The molecule has 2 heterocycles. The van der Waals surface area contributed by atoms with Gasteiger partial charge in [-0.05, 0) is 44.2 Å². The molecular weight excluding hydrogens is 307 g/mol. The normalized spacial score (nSPS) is 20.2. The van der Waals surface area contributed by atoms with Crippen molar-refractivity contribution in [1.82, 2.24) is 10.3 Å². The highest BCUT2D eigenvalue weighted by Gasteiger charge is 2.33. The van der Waals surface area contributed by atoms with Gasteiger partial charge in [0, 0.05) is 25.0 Å². The Morgan fingerprint density at radius 2 is 1.87 bits per heavy atom. The van der Waals surface area contributed by atoms with Crippen LogP contribution in [0.1, 0.15) is 37.8 Å². The van der Waals surface area contributed by atoms with E-state index in [2.05, 4.69) is 10.3 Å². The van der Waals surface area contributed by atoms with E-state index in [-0.39, 0.29) is 11.8 Å². The number of amides is 1. The van der Waals surface area contributed by atoms with E-state index in [1.165, 1.54) is 18.7 Å². The van der Waals surface area contributed by atoms with Crippen LogP contribution in [0.15, 0.2) is 18.3 Å². The maximum atomic E-state index is 12.5. The van der Waals surface area contributed by atoms with Crippen molar-refractivity contribution in [1.29, 1.82) is 0 Å². The summed E-state index contributed by atoms with van der Waals surface area (Å²) < 4.78 is 37.6. The third kappa shape index (κ3) is 3.76. The van der Waals surface area contributed by atoms with Gasteiger partial charge in [-0.1, -0.05) is 0 Å². The molecule has 126 valence electrons. The molecule has 0 bridgehead atoms. The fourth-order valence-corrected chi connectivity index (χ4v) is 3.01. The van der Waals surface area contributed by atoms with Crippen LogP contribution in [0.2, 0.25) is 0 Å². The Morgan fingerprint density at radius 3 is 2.35 bits per heavy atom. The van der Waals surface area contributed by atoms with Crippen LogP contribution in [0.3, 0.4) is 0 Å². The molecule has 0 radical (unpaired) electrons. The predicted octanol–water partition coefficient (Wildman–Crippen LogP) is 2.99. The molecule has 2 aliphatic rings. The van der Waals surface area contributed by atoms with Crippen molar-refractivity contribution in [3.8, 4) is 0 Å². The van der Waals surface area contributed by atoms with Crippen LogP contribution >= 0.6 is 0 Å². The molecular formula is C16H20F3N3O. The summed E-state index contributed by atoms with van der Waals surface area (Å²) in [7, 11) is 0. The summed E-state index contributed by atoms with van der Waals surface area (Å²) >= 11 is 0. The van der Waals surface area contributed by atoms with E-state index >= 15 is 0 Å². The molecule has 1 N–H and O–H groups in total. The number of hydrogen-bond donors (Lipinski definition) is 1. The van der Waals surface area contributed by atoms with Gasteiger partial charge in [-0.2, -0.15) is 13.2 Å². The standard InChI is InChI=1S/C16H20F3N3O/c17-16(18,19)14-5-4-13(10-20-14)22-8-6-11(7-9-22)15(23)21-12-2-1-3-12/h4-5,10-12H,1-3,6-9H2,(H,21,23). The minimum Gasteiger partial charge on any atom is -0.370 e. The first kappa shape index (κ1) is 16.1. The van der Waals surface area contributed by atoms with Gasteiger partial charge in [0.05, 0.1) is 11.9 Å². The molecule has 1 saturated carbocycles. The monoisotopic (exact) mass is 327 g/mol. The van der Waals surface area contributed by atoms with Crippen molar-refractivity contribution >= 4 is 11.6 Å². The first-order valence-corrected chi connectivity index (χ1v) is 8.02. The molecule has 0 aromatic carbocycles. The number of rotatable bonds is 3. The molecule has 4 nitrogen and oxygen atoms in total. The number of pyridine rings is 1. The molecule has 1 saturated heterocycles. The predicted molar refractivity (Wildman–Crippen MR) is 80.0 cm³/mol. The number of carbonyl (C=O) groups is 1. The van der Waals surface area contributed by atoms with Gasteiger partial charge in [-0.3, -0.25) is 4.79 Å². The first-order valence-electron chi connectivity index (χ1n) is 8.02. The molecule has 1 aromatic rings. The molecule has 0 atom stereocenters. The minimum atomic E-state index is -4.41. The molecule has 2 fully saturated rings. The van der Waals surface area contributed by atoms with Crippen LogP contribution in [0.5, 0.6) is 0 Å². The third-order valence-electron chi connectivity index (χ3n) is 4.72. The number of halogens is 3. The molecule has 7 heteroatoms. The molecule has 1 aliphatic carbocycles. The quantitative estimate of drug-likeness (QED) is 0.928. The lowest BCUT2D eigenvalue weighted by molar-refractivity contribution is -0.141. The summed E-state index contributed by atoms with van der Waals surface area (Å²) in [6.45, 7) is 1.32. The van der Waals surface area contributed by atoms with Crippen molar-refractivity contribution in [3.05, 3.63) is 24.0 Å². The van der Waals surface area contributed by atoms with E-state index in [9.17, 15) is 18.0 Å². The molecule has 1 amide bonds. The lowest BCUT2D eigenvalue weighted by Crippen LogP contribution is -2.46. The van der Waals surface area contributed by atoms with Crippen LogP contribution in [-0.4, -0.2) is 30.0 Å². The van der Waals surface area contributed by atoms with E-state index in [4.69, 9.17) is 0 Å². The molecule has 3 rings (SSSR count). The van der Waals surface area contributed by atoms with Crippen molar-refractivity contribution in [2.45, 2.75) is 44.3 Å². The second kappa shape index (κ2) is 6.37. The minimum absolute atomic E-state index is 0.00857. The molecule has 1 aromatic heterocycles. The van der Waals surface area contributed by atoms with Crippen molar-refractivity contribution in [3.63, 3.8) is 0 Å². The van der Waals surface area contributed by atoms with Gasteiger partial charge in [-0.15, -0.1) is 0 Å². The van der Waals surface area contributed by atoms with E-state index in [0.717, 1.165) is 31.7 Å². The van der Waals surface area contributed by atoms with E-state index in [1.807, 2.05) is 4.90 Å². The highest BCUT2D eigenvalue weighted by atomic mass is 19.4. The van der Waals surface area contributed by atoms with Crippen molar-refractivity contribution in [2.75, 3.05) is 18.0 Å². The summed E-state index contributed by atoms with van der Waals surface area (Å²) in [6.07, 6.45) is 1.62. The maximum Gasteiger partial charge on any atom is 0.433 e. The van der Waals surface area contributed by atoms with Crippen LogP contribution in [0.4, 0.5) is 18.9 Å². The van der Waals surface area contributed by atoms with Crippen LogP contribution in [0.25, 0.3) is 0 Å². The first-order chi connectivity index (χ1) is 10.9. The smallest absolute Gasteiger partial charge is 0.370 e. The maximum absolute atomic E-state index is 12.5. The Kier molecular flexibility index (Phi) is 4.46. The Labute approximate surface area is 133 Å². The number of nitrogens with zero attached hydrogens (tertiary/aromatic N) is 2. The van der Waals surface area contributed by atoms with E-state index in [0.29, 0.717) is 24.8 Å². The summed E-state index contributed by atoms with van der Waals surface area (Å²) in [5.41, 5.74) is -0.202. The van der Waals surface area contributed by atoms with Gasteiger partial charge >= 0.3 is 6.18 Å². The highest BCUT2D eigenvalue weighted by molar-refractivity contribution is 5.79. The highest BCUT2D eigenvalue weighted by Crippen LogP contribution is 2.30.